The number of allylic oxidation sites excluding steroid dienone is 2. The number of halogens is 1. The average Bonchev–Trinajstić information content (AvgIpc) is 1.99. The number of hydrogen-bond donors (Lipinski definition) is 1. The third-order valence-corrected chi connectivity index (χ3v) is 2.03. The summed E-state index contributed by atoms with van der Waals surface area (Å²) in [5.41, 5.74) is 0. The van der Waals surface area contributed by atoms with Crippen molar-refractivity contribution < 1.29 is 5.11 Å². The van der Waals surface area contributed by atoms with Crippen molar-refractivity contribution in [1.82, 2.24) is 0 Å². The van der Waals surface area contributed by atoms with Crippen molar-refractivity contribution in [2.45, 2.75) is 31.1 Å². The standard InChI is InChI=1S/C7H11ClO/c8-6-4-2-1-3-5-7(6)9/h5-6,9H,1-4H2. The Kier molecular flexibility index (Phi) is 2.40. The molecule has 1 unspecified atom stereocenters. The van der Waals surface area contributed by atoms with Crippen molar-refractivity contribution in [3.05, 3.63) is 11.8 Å². The van der Waals surface area contributed by atoms with Gasteiger partial charge >= 0.3 is 0 Å². The summed E-state index contributed by atoms with van der Waals surface area (Å²) >= 11 is 5.75. The summed E-state index contributed by atoms with van der Waals surface area (Å²) < 4.78 is 0. The van der Waals surface area contributed by atoms with Gasteiger partial charge in [0.2, 0.25) is 0 Å². The molecule has 0 aromatic heterocycles. The molecule has 0 spiro atoms. The molecular weight excluding hydrogens is 136 g/mol. The maximum absolute atomic E-state index is 9.09. The van der Waals surface area contributed by atoms with Crippen LogP contribution < -0.4 is 0 Å². The highest BCUT2D eigenvalue weighted by Gasteiger charge is 2.11. The lowest BCUT2D eigenvalue weighted by molar-refractivity contribution is 0.388. The van der Waals surface area contributed by atoms with Crippen LogP contribution in [-0.2, 0) is 0 Å². The monoisotopic (exact) mass is 146 g/mol. The minimum atomic E-state index is -0.118. The molecule has 1 nitrogen and oxygen atoms in total. The number of rotatable bonds is 0. The zero-order chi connectivity index (χ0) is 6.69. The predicted octanol–water partition coefficient (Wildman–Crippen LogP) is 2.61. The van der Waals surface area contributed by atoms with Crippen LogP contribution in [0.4, 0.5) is 0 Å². The highest BCUT2D eigenvalue weighted by Crippen LogP contribution is 2.20. The summed E-state index contributed by atoms with van der Waals surface area (Å²) in [6.45, 7) is 0. The predicted molar refractivity (Wildman–Crippen MR) is 38.8 cm³/mol. The van der Waals surface area contributed by atoms with E-state index in [0.717, 1.165) is 25.7 Å². The molecule has 0 saturated heterocycles. The van der Waals surface area contributed by atoms with Gasteiger partial charge < -0.3 is 5.11 Å². The number of aliphatic hydroxyl groups is 1. The first-order valence-corrected chi connectivity index (χ1v) is 3.77. The van der Waals surface area contributed by atoms with Crippen LogP contribution in [0, 0.1) is 0 Å². The fraction of sp³-hybridized carbons (Fsp3) is 0.714. The van der Waals surface area contributed by atoms with E-state index in [4.69, 9.17) is 16.7 Å². The topological polar surface area (TPSA) is 20.2 Å². The van der Waals surface area contributed by atoms with Crippen LogP contribution in [0.2, 0.25) is 0 Å². The molecule has 0 saturated carbocycles. The molecule has 0 radical (unpaired) electrons. The van der Waals surface area contributed by atoms with Gasteiger partial charge in [0.25, 0.3) is 0 Å². The maximum Gasteiger partial charge on any atom is 0.106 e. The third-order valence-electron chi connectivity index (χ3n) is 1.59. The zero-order valence-corrected chi connectivity index (χ0v) is 6.06. The molecule has 0 aromatic rings. The van der Waals surface area contributed by atoms with E-state index in [9.17, 15) is 0 Å². The minimum Gasteiger partial charge on any atom is -0.511 e. The normalized spacial score (nSPS) is 29.0. The van der Waals surface area contributed by atoms with E-state index >= 15 is 0 Å². The van der Waals surface area contributed by atoms with E-state index < -0.39 is 0 Å². The molecule has 1 aliphatic rings. The lowest BCUT2D eigenvalue weighted by Crippen LogP contribution is -1.99. The van der Waals surface area contributed by atoms with Crippen molar-refractivity contribution in [2.24, 2.45) is 0 Å². The Balaban J connectivity index is 2.51. The zero-order valence-electron chi connectivity index (χ0n) is 5.31. The largest absolute Gasteiger partial charge is 0.511 e. The van der Waals surface area contributed by atoms with Crippen LogP contribution >= 0.6 is 11.6 Å². The van der Waals surface area contributed by atoms with Gasteiger partial charge in [-0.15, -0.1) is 11.6 Å². The van der Waals surface area contributed by atoms with Crippen molar-refractivity contribution in [2.75, 3.05) is 0 Å². The van der Waals surface area contributed by atoms with Crippen LogP contribution in [0.1, 0.15) is 25.7 Å². The van der Waals surface area contributed by atoms with Gasteiger partial charge in [-0.3, -0.25) is 0 Å². The molecular formula is C7H11ClO. The molecule has 2 heteroatoms. The molecule has 0 amide bonds. The fourth-order valence-electron chi connectivity index (χ4n) is 0.994. The van der Waals surface area contributed by atoms with E-state index in [1.54, 1.807) is 0 Å². The van der Waals surface area contributed by atoms with Crippen LogP contribution in [0.3, 0.4) is 0 Å². The SMILES string of the molecule is OC1=CCCCCC1Cl. The summed E-state index contributed by atoms with van der Waals surface area (Å²) in [6, 6.07) is 0. The molecule has 0 heterocycles. The lowest BCUT2D eigenvalue weighted by Gasteiger charge is -2.02. The number of hydrogen-bond acceptors (Lipinski definition) is 1. The van der Waals surface area contributed by atoms with Crippen LogP contribution in [0.15, 0.2) is 11.8 Å². The summed E-state index contributed by atoms with van der Waals surface area (Å²) in [5.74, 6) is 0.370. The molecule has 1 rings (SSSR count). The molecule has 0 aromatic carbocycles. The van der Waals surface area contributed by atoms with Gasteiger partial charge in [-0.05, 0) is 25.3 Å². The second kappa shape index (κ2) is 3.11. The third kappa shape index (κ3) is 1.90. The van der Waals surface area contributed by atoms with Gasteiger partial charge in [-0.1, -0.05) is 6.42 Å². The highest BCUT2D eigenvalue weighted by atomic mass is 35.5. The Hall–Kier alpha value is -0.170. The summed E-state index contributed by atoms with van der Waals surface area (Å²) in [7, 11) is 0. The van der Waals surface area contributed by atoms with Crippen LogP contribution in [0.25, 0.3) is 0 Å². The Labute approximate surface area is 60.3 Å². The fourth-order valence-corrected chi connectivity index (χ4v) is 1.24. The summed E-state index contributed by atoms with van der Waals surface area (Å²) in [5, 5.41) is 8.97. The van der Waals surface area contributed by atoms with Gasteiger partial charge in [0.05, 0.1) is 5.38 Å². The first-order valence-electron chi connectivity index (χ1n) is 3.34. The first kappa shape index (κ1) is 6.94. The van der Waals surface area contributed by atoms with E-state index in [0.29, 0.717) is 5.76 Å². The van der Waals surface area contributed by atoms with Crippen LogP contribution in [0.5, 0.6) is 0 Å². The highest BCUT2D eigenvalue weighted by molar-refractivity contribution is 6.22. The summed E-state index contributed by atoms with van der Waals surface area (Å²) in [6.07, 6.45) is 6.02. The lowest BCUT2D eigenvalue weighted by atomic mass is 10.2. The quantitative estimate of drug-likeness (QED) is 0.521. The number of alkyl halides is 1. The molecule has 52 valence electrons. The van der Waals surface area contributed by atoms with Crippen molar-refractivity contribution in [3.8, 4) is 0 Å². The average molecular weight is 147 g/mol. The van der Waals surface area contributed by atoms with E-state index in [2.05, 4.69) is 0 Å². The molecule has 0 aliphatic heterocycles. The van der Waals surface area contributed by atoms with Crippen LogP contribution in [-0.4, -0.2) is 10.5 Å². The number of aliphatic hydroxyl groups excluding tert-OH is 1. The van der Waals surface area contributed by atoms with Gasteiger partial charge in [-0.25, -0.2) is 0 Å². The van der Waals surface area contributed by atoms with E-state index in [1.807, 2.05) is 6.08 Å². The maximum atomic E-state index is 9.09. The molecule has 9 heavy (non-hydrogen) atoms. The van der Waals surface area contributed by atoms with Crippen molar-refractivity contribution in [3.63, 3.8) is 0 Å². The van der Waals surface area contributed by atoms with Crippen molar-refractivity contribution in [1.29, 1.82) is 0 Å². The van der Waals surface area contributed by atoms with Gasteiger partial charge in [0.1, 0.15) is 5.76 Å². The molecule has 1 atom stereocenters. The Bertz CT molecular complexity index is 120. The second-order valence-electron chi connectivity index (χ2n) is 2.38. The smallest absolute Gasteiger partial charge is 0.106 e. The molecule has 1 aliphatic carbocycles. The minimum absolute atomic E-state index is 0.118. The van der Waals surface area contributed by atoms with Gasteiger partial charge in [0.15, 0.2) is 0 Å². The molecule has 1 N–H and O–H groups in total. The van der Waals surface area contributed by atoms with Crippen molar-refractivity contribution >= 4 is 11.6 Å². The Morgan fingerprint density at radius 3 is 3.11 bits per heavy atom. The Morgan fingerprint density at radius 1 is 1.56 bits per heavy atom. The van der Waals surface area contributed by atoms with Gasteiger partial charge in [-0.2, -0.15) is 0 Å². The van der Waals surface area contributed by atoms with Gasteiger partial charge in [0, 0.05) is 0 Å². The molecule has 0 bridgehead atoms. The van der Waals surface area contributed by atoms with E-state index in [1.165, 1.54) is 0 Å². The first-order chi connectivity index (χ1) is 4.30. The second-order valence-corrected chi connectivity index (χ2v) is 2.91. The Morgan fingerprint density at radius 2 is 2.33 bits per heavy atom. The van der Waals surface area contributed by atoms with E-state index in [-0.39, 0.29) is 5.38 Å². The summed E-state index contributed by atoms with van der Waals surface area (Å²) in [4.78, 5) is 0. The molecule has 0 fully saturated rings.